The Morgan fingerprint density at radius 3 is 2.87 bits per heavy atom. The Morgan fingerprint density at radius 2 is 2.13 bits per heavy atom. The molecule has 1 fully saturated rings. The maximum absolute atomic E-state index is 5.90. The molecule has 1 N–H and O–H groups in total. The second-order valence-electron chi connectivity index (χ2n) is 3.98. The van der Waals surface area contributed by atoms with Gasteiger partial charge in [-0.05, 0) is 37.8 Å². The molecule has 0 saturated heterocycles. The zero-order valence-corrected chi connectivity index (χ0v) is 9.20. The van der Waals surface area contributed by atoms with Gasteiger partial charge in [0.05, 0.1) is 5.69 Å². The third-order valence-corrected chi connectivity index (χ3v) is 2.87. The van der Waals surface area contributed by atoms with E-state index in [4.69, 9.17) is 4.74 Å². The highest BCUT2D eigenvalue weighted by Gasteiger charge is 2.16. The maximum Gasteiger partial charge on any atom is 0.237 e. The molecule has 0 aromatic carbocycles. The number of hydrogen-bond acceptors (Lipinski definition) is 3. The van der Waals surface area contributed by atoms with Crippen molar-refractivity contribution in [2.24, 2.45) is 0 Å². The molecule has 2 rings (SSSR count). The van der Waals surface area contributed by atoms with Gasteiger partial charge in [0.1, 0.15) is 6.10 Å². The number of nitrogens with zero attached hydrogens (tertiary/aromatic N) is 1. The van der Waals surface area contributed by atoms with E-state index >= 15 is 0 Å². The predicted molar refractivity (Wildman–Crippen MR) is 61.3 cm³/mol. The molecule has 1 saturated carbocycles. The lowest BCUT2D eigenvalue weighted by atomic mass is 9.98. The lowest BCUT2D eigenvalue weighted by molar-refractivity contribution is 0.149. The summed E-state index contributed by atoms with van der Waals surface area (Å²) in [7, 11) is 1.89. The zero-order valence-electron chi connectivity index (χ0n) is 9.20. The number of anilines is 1. The number of pyridine rings is 1. The highest BCUT2D eigenvalue weighted by Crippen LogP contribution is 2.26. The molecule has 3 heteroatoms. The Bertz CT molecular complexity index is 308. The van der Waals surface area contributed by atoms with Gasteiger partial charge in [0.2, 0.25) is 5.88 Å². The lowest BCUT2D eigenvalue weighted by Gasteiger charge is -2.23. The number of nitrogens with one attached hydrogen (secondary N) is 1. The Balaban J connectivity index is 2.02. The van der Waals surface area contributed by atoms with Crippen molar-refractivity contribution in [3.05, 3.63) is 18.3 Å². The van der Waals surface area contributed by atoms with E-state index in [0.717, 1.165) is 11.6 Å². The Kier molecular flexibility index (Phi) is 3.43. The molecule has 1 aromatic heterocycles. The average Bonchev–Trinajstić information content (AvgIpc) is 2.31. The van der Waals surface area contributed by atoms with Crippen LogP contribution >= 0.6 is 0 Å². The smallest absolute Gasteiger partial charge is 0.237 e. The first-order valence-corrected chi connectivity index (χ1v) is 5.69. The molecule has 1 heterocycles. The minimum Gasteiger partial charge on any atom is -0.473 e. The first-order valence-electron chi connectivity index (χ1n) is 5.69. The van der Waals surface area contributed by atoms with Crippen molar-refractivity contribution in [1.82, 2.24) is 4.98 Å². The molecular formula is C12H18N2O. The van der Waals surface area contributed by atoms with Gasteiger partial charge in [0.25, 0.3) is 0 Å². The van der Waals surface area contributed by atoms with Gasteiger partial charge >= 0.3 is 0 Å². The second kappa shape index (κ2) is 5.01. The number of rotatable bonds is 3. The van der Waals surface area contributed by atoms with Crippen molar-refractivity contribution in [1.29, 1.82) is 0 Å². The Morgan fingerprint density at radius 1 is 1.33 bits per heavy atom. The van der Waals surface area contributed by atoms with E-state index < -0.39 is 0 Å². The van der Waals surface area contributed by atoms with Crippen LogP contribution in [0.1, 0.15) is 32.1 Å². The van der Waals surface area contributed by atoms with Crippen molar-refractivity contribution in [3.63, 3.8) is 0 Å². The summed E-state index contributed by atoms with van der Waals surface area (Å²) in [5.74, 6) is 0.743. The van der Waals surface area contributed by atoms with Crippen LogP contribution in [-0.2, 0) is 0 Å². The van der Waals surface area contributed by atoms with Crippen molar-refractivity contribution in [2.45, 2.75) is 38.2 Å². The molecule has 82 valence electrons. The normalized spacial score (nSPS) is 17.4. The summed E-state index contributed by atoms with van der Waals surface area (Å²) in [6.45, 7) is 0. The fraction of sp³-hybridized carbons (Fsp3) is 0.583. The Hall–Kier alpha value is -1.25. The number of aromatic nitrogens is 1. The molecule has 0 amide bonds. The summed E-state index contributed by atoms with van der Waals surface area (Å²) in [5, 5.41) is 3.10. The van der Waals surface area contributed by atoms with Crippen LogP contribution in [0, 0.1) is 0 Å². The van der Waals surface area contributed by atoms with Crippen LogP contribution in [0.3, 0.4) is 0 Å². The predicted octanol–water partition coefficient (Wildman–Crippen LogP) is 2.83. The number of hydrogen-bond donors (Lipinski definition) is 1. The highest BCUT2D eigenvalue weighted by atomic mass is 16.5. The molecular weight excluding hydrogens is 188 g/mol. The van der Waals surface area contributed by atoms with Gasteiger partial charge < -0.3 is 10.1 Å². The largest absolute Gasteiger partial charge is 0.473 e. The molecule has 1 aromatic rings. The van der Waals surface area contributed by atoms with Crippen LogP contribution in [-0.4, -0.2) is 18.1 Å². The van der Waals surface area contributed by atoms with Crippen LogP contribution in [0.25, 0.3) is 0 Å². The second-order valence-corrected chi connectivity index (χ2v) is 3.98. The van der Waals surface area contributed by atoms with E-state index in [1.54, 1.807) is 6.20 Å². The molecule has 0 spiro atoms. The third kappa shape index (κ3) is 2.61. The fourth-order valence-corrected chi connectivity index (χ4v) is 2.02. The molecule has 3 nitrogen and oxygen atoms in total. The van der Waals surface area contributed by atoms with E-state index in [-0.39, 0.29) is 0 Å². The average molecular weight is 206 g/mol. The van der Waals surface area contributed by atoms with Gasteiger partial charge in [0.15, 0.2) is 0 Å². The van der Waals surface area contributed by atoms with Crippen LogP contribution in [0.15, 0.2) is 18.3 Å². The van der Waals surface area contributed by atoms with Crippen molar-refractivity contribution in [2.75, 3.05) is 12.4 Å². The van der Waals surface area contributed by atoms with Crippen LogP contribution in [0.5, 0.6) is 5.88 Å². The standard InChI is InChI=1S/C12H18N2O/c1-13-11-8-5-9-14-12(11)15-10-6-3-2-4-7-10/h5,8-10,13H,2-4,6-7H2,1H3. The topological polar surface area (TPSA) is 34.2 Å². The summed E-state index contributed by atoms with van der Waals surface area (Å²) < 4.78 is 5.90. The van der Waals surface area contributed by atoms with Crippen molar-refractivity contribution in [3.8, 4) is 5.88 Å². The van der Waals surface area contributed by atoms with E-state index in [9.17, 15) is 0 Å². The summed E-state index contributed by atoms with van der Waals surface area (Å²) in [5.41, 5.74) is 0.975. The summed E-state index contributed by atoms with van der Waals surface area (Å²) >= 11 is 0. The van der Waals surface area contributed by atoms with E-state index in [0.29, 0.717) is 6.10 Å². The molecule has 1 aliphatic rings. The first kappa shape index (κ1) is 10.3. The molecule has 1 aliphatic carbocycles. The van der Waals surface area contributed by atoms with E-state index in [1.807, 2.05) is 19.2 Å². The van der Waals surface area contributed by atoms with E-state index in [2.05, 4.69) is 10.3 Å². The third-order valence-electron chi connectivity index (χ3n) is 2.87. The summed E-state index contributed by atoms with van der Waals surface area (Å²) in [6.07, 6.45) is 8.39. The molecule has 0 unspecified atom stereocenters. The van der Waals surface area contributed by atoms with Crippen molar-refractivity contribution < 1.29 is 4.74 Å². The summed E-state index contributed by atoms with van der Waals surface area (Å²) in [4.78, 5) is 4.26. The molecule has 15 heavy (non-hydrogen) atoms. The van der Waals surface area contributed by atoms with Crippen molar-refractivity contribution >= 4 is 5.69 Å². The quantitative estimate of drug-likeness (QED) is 0.825. The minimum atomic E-state index is 0.362. The molecule has 0 bridgehead atoms. The SMILES string of the molecule is CNc1cccnc1OC1CCCCC1. The fourth-order valence-electron chi connectivity index (χ4n) is 2.02. The highest BCUT2D eigenvalue weighted by molar-refractivity contribution is 5.51. The number of ether oxygens (including phenoxy) is 1. The zero-order chi connectivity index (χ0) is 10.5. The van der Waals surface area contributed by atoms with Gasteiger partial charge in [-0.15, -0.1) is 0 Å². The minimum absolute atomic E-state index is 0.362. The maximum atomic E-state index is 5.90. The molecule has 0 atom stereocenters. The monoisotopic (exact) mass is 206 g/mol. The van der Waals surface area contributed by atoms with Gasteiger partial charge in [-0.25, -0.2) is 4.98 Å². The molecule has 0 radical (unpaired) electrons. The lowest BCUT2D eigenvalue weighted by Crippen LogP contribution is -2.20. The first-order chi connectivity index (χ1) is 7.40. The van der Waals surface area contributed by atoms with Crippen LogP contribution in [0.4, 0.5) is 5.69 Å². The summed E-state index contributed by atoms with van der Waals surface area (Å²) in [6, 6.07) is 3.91. The van der Waals surface area contributed by atoms with Gasteiger partial charge in [-0.3, -0.25) is 0 Å². The van der Waals surface area contributed by atoms with Crippen LogP contribution in [0.2, 0.25) is 0 Å². The van der Waals surface area contributed by atoms with Gasteiger partial charge in [0, 0.05) is 13.2 Å². The van der Waals surface area contributed by atoms with Crippen LogP contribution < -0.4 is 10.1 Å². The Labute approximate surface area is 90.9 Å². The van der Waals surface area contributed by atoms with Gasteiger partial charge in [-0.2, -0.15) is 0 Å². The van der Waals surface area contributed by atoms with Gasteiger partial charge in [-0.1, -0.05) is 6.42 Å². The van der Waals surface area contributed by atoms with E-state index in [1.165, 1.54) is 32.1 Å². The molecule has 0 aliphatic heterocycles.